The molecule has 3 aliphatic carbocycles. The third kappa shape index (κ3) is 26.3. The van der Waals surface area contributed by atoms with Gasteiger partial charge in [0.15, 0.2) is 66.5 Å². The minimum Gasteiger partial charge on any atom is -0.437 e. The van der Waals surface area contributed by atoms with Gasteiger partial charge in [0.2, 0.25) is 0 Å². The monoisotopic (exact) mass is 1770 g/mol. The van der Waals surface area contributed by atoms with Crippen LogP contribution in [-0.4, -0.2) is 101 Å². The standard InChI is InChI=1S/C95H162O8Si12/c1-31-33-35-37-39-45-63-95(64-46-40-38-36-34-32-2)91-75-79(77-55-59-83-81-51-41-43-53-87(81)93(89(83)73-77,65-47-69-108(15,16)100-112(23,24)96-104(3,4)5)66-48-70-109(17,18)101-113(25,26)97-105(6,7)8)57-61-85(91)86-62-58-80(76-92(86)95)78-56-60-84-82-52-42-44-54-88(82)94(90(84)74-78,67-49-71-110(19,20)102-114(27,28)98-106(9,10)11)68-50-72-111(21,22)103-115(29,30)99-107(12,13)14/h41-44,51-62,73-76H,31-40,45-50,63-72H2,1-30H3. The Bertz CT molecular complexity index is 3850. The van der Waals surface area contributed by atoms with Crippen molar-refractivity contribution in [3.63, 3.8) is 0 Å². The Hall–Kier alpha value is -2.40. The molecular weight excluding hydrogens is 1610 g/mol. The summed E-state index contributed by atoms with van der Waals surface area (Å²) in [5.74, 6) is 0. The number of benzene rings is 6. The van der Waals surface area contributed by atoms with E-state index in [4.69, 9.17) is 32.9 Å². The van der Waals surface area contributed by atoms with E-state index >= 15 is 0 Å². The van der Waals surface area contributed by atoms with Gasteiger partial charge in [0.1, 0.15) is 0 Å². The highest BCUT2D eigenvalue weighted by Crippen LogP contribution is 2.60. The van der Waals surface area contributed by atoms with Crippen molar-refractivity contribution in [2.75, 3.05) is 0 Å². The van der Waals surface area contributed by atoms with Crippen molar-refractivity contribution in [1.29, 1.82) is 0 Å². The van der Waals surface area contributed by atoms with E-state index in [0.717, 1.165) is 88.4 Å². The molecule has 0 heterocycles. The summed E-state index contributed by atoms with van der Waals surface area (Å²) in [7, 11) is -25.2. The first-order valence-electron chi connectivity index (χ1n) is 45.6. The fourth-order valence-corrected chi connectivity index (χ4v) is 74.5. The molecule has 0 saturated carbocycles. The highest BCUT2D eigenvalue weighted by Gasteiger charge is 2.50. The Labute approximate surface area is 717 Å². The van der Waals surface area contributed by atoms with Crippen molar-refractivity contribution < 1.29 is 32.9 Å². The van der Waals surface area contributed by atoms with Crippen LogP contribution in [0.4, 0.5) is 0 Å². The molecule has 9 rings (SSSR count). The molecule has 0 aliphatic heterocycles. The summed E-state index contributed by atoms with van der Waals surface area (Å²) in [4.78, 5) is 0. The van der Waals surface area contributed by atoms with Crippen molar-refractivity contribution in [2.24, 2.45) is 0 Å². The molecule has 20 heteroatoms. The van der Waals surface area contributed by atoms with Crippen LogP contribution in [0, 0.1) is 0 Å². The largest absolute Gasteiger partial charge is 0.437 e. The van der Waals surface area contributed by atoms with E-state index < -0.39 is 101 Å². The third-order valence-corrected chi connectivity index (χ3v) is 64.9. The molecule has 3 aliphatic rings. The van der Waals surface area contributed by atoms with E-state index in [2.05, 4.69) is 318 Å². The summed E-state index contributed by atoms with van der Waals surface area (Å²) >= 11 is 0. The normalized spacial score (nSPS) is 15.7. The Kier molecular flexibility index (Phi) is 31.8. The lowest BCUT2D eigenvalue weighted by atomic mass is 9.69. The Morgan fingerprint density at radius 2 is 0.409 bits per heavy atom. The van der Waals surface area contributed by atoms with E-state index in [-0.39, 0.29) is 16.2 Å². The van der Waals surface area contributed by atoms with Crippen LogP contribution in [0.2, 0.25) is 207 Å². The average Bonchev–Trinajstić information content (AvgIpc) is 1.57. The topological polar surface area (TPSA) is 73.8 Å². The van der Waals surface area contributed by atoms with Gasteiger partial charge in [-0.15, -0.1) is 0 Å². The van der Waals surface area contributed by atoms with Gasteiger partial charge in [-0.1, -0.05) is 214 Å². The predicted molar refractivity (Wildman–Crippen MR) is 530 cm³/mol. The van der Waals surface area contributed by atoms with E-state index in [0.29, 0.717) is 0 Å². The first-order valence-corrected chi connectivity index (χ1v) is 82.9. The smallest absolute Gasteiger partial charge is 0.311 e. The Balaban J connectivity index is 1.16. The van der Waals surface area contributed by atoms with Crippen LogP contribution in [0.25, 0.3) is 55.6 Å². The second kappa shape index (κ2) is 38.0. The zero-order valence-corrected chi connectivity index (χ0v) is 90.7. The average molecular weight is 1770 g/mol. The quantitative estimate of drug-likeness (QED) is 0.0276. The van der Waals surface area contributed by atoms with E-state index in [1.54, 1.807) is 11.1 Å². The number of unbranched alkanes of at least 4 members (excludes halogenated alkanes) is 10. The SMILES string of the molecule is CCCCCCCCC1(CCCCCCCC)c2cc(-c3ccc4c(c3)C(CCC[Si](C)(C)O[Si](C)(C)O[Si](C)(C)C)(CCC[Si](C)(C)O[Si](C)(C)O[Si](C)(C)C)c3ccccc3-4)ccc2-c2ccc(-c3ccc4c(c3)C(CCC[Si](C)(C)O[Si](C)(C)O[Si](C)(C)C)(CCC[Si](C)(C)O[Si](C)(C)O[Si](C)(C)C)c3ccccc3-4)cc21. The lowest BCUT2D eigenvalue weighted by Gasteiger charge is -2.39. The van der Waals surface area contributed by atoms with Crippen LogP contribution in [-0.2, 0) is 49.2 Å². The van der Waals surface area contributed by atoms with Gasteiger partial charge in [-0.3, -0.25) is 0 Å². The van der Waals surface area contributed by atoms with Gasteiger partial charge in [0, 0.05) is 16.2 Å². The molecule has 0 unspecified atom stereocenters. The van der Waals surface area contributed by atoms with Crippen LogP contribution in [0.3, 0.4) is 0 Å². The third-order valence-electron chi connectivity index (χ3n) is 24.3. The van der Waals surface area contributed by atoms with E-state index in [1.807, 2.05) is 0 Å². The molecule has 638 valence electrons. The zero-order chi connectivity index (χ0) is 84.9. The van der Waals surface area contributed by atoms with Crippen LogP contribution in [0.1, 0.15) is 188 Å². The Morgan fingerprint density at radius 3 is 0.643 bits per heavy atom. The number of fused-ring (bicyclic) bond motifs is 9. The second-order valence-corrected chi connectivity index (χ2v) is 94.4. The van der Waals surface area contributed by atoms with Gasteiger partial charge >= 0.3 is 34.2 Å². The minimum absolute atomic E-state index is 0.140. The highest BCUT2D eigenvalue weighted by atomic mass is 28.5. The molecule has 6 aromatic rings. The van der Waals surface area contributed by atoms with Gasteiger partial charge in [-0.25, -0.2) is 0 Å². The summed E-state index contributed by atoms with van der Waals surface area (Å²) in [6.45, 7) is 70.5. The molecule has 0 radical (unpaired) electrons. The molecular formula is C95H162O8Si12. The predicted octanol–water partition coefficient (Wildman–Crippen LogP) is 31.5. The molecule has 0 atom stereocenters. The fraction of sp³-hybridized carbons (Fsp3) is 0.621. The zero-order valence-electron chi connectivity index (χ0n) is 78.7. The van der Waals surface area contributed by atoms with E-state index in [1.165, 1.54) is 155 Å². The van der Waals surface area contributed by atoms with Crippen molar-refractivity contribution in [3.8, 4) is 55.6 Å². The van der Waals surface area contributed by atoms with Gasteiger partial charge in [-0.05, 0) is 359 Å². The maximum Gasteiger partial charge on any atom is 0.311 e. The van der Waals surface area contributed by atoms with Gasteiger partial charge < -0.3 is 32.9 Å². The number of rotatable bonds is 48. The lowest BCUT2D eigenvalue weighted by molar-refractivity contribution is 0.379. The summed E-state index contributed by atoms with van der Waals surface area (Å²) in [6, 6.07) is 54.6. The molecule has 0 spiro atoms. The van der Waals surface area contributed by atoms with Crippen LogP contribution < -0.4 is 0 Å². The Morgan fingerprint density at radius 1 is 0.209 bits per heavy atom. The maximum absolute atomic E-state index is 7.30. The van der Waals surface area contributed by atoms with Crippen molar-refractivity contribution in [3.05, 3.63) is 155 Å². The molecule has 0 saturated heterocycles. The van der Waals surface area contributed by atoms with Crippen LogP contribution in [0.5, 0.6) is 0 Å². The molecule has 0 fully saturated rings. The molecule has 115 heavy (non-hydrogen) atoms. The number of hydrogen-bond acceptors (Lipinski definition) is 8. The first-order chi connectivity index (χ1) is 53.2. The van der Waals surface area contributed by atoms with E-state index in [9.17, 15) is 0 Å². The van der Waals surface area contributed by atoms with Crippen molar-refractivity contribution in [1.82, 2.24) is 0 Å². The van der Waals surface area contributed by atoms with Crippen molar-refractivity contribution in [2.45, 2.75) is 379 Å². The lowest BCUT2D eigenvalue weighted by Crippen LogP contribution is -2.51. The molecule has 0 amide bonds. The molecule has 0 N–H and O–H groups in total. The molecule has 0 aromatic heterocycles. The van der Waals surface area contributed by atoms with Crippen LogP contribution in [0.15, 0.2) is 121 Å². The van der Waals surface area contributed by atoms with Gasteiger partial charge in [0.25, 0.3) is 0 Å². The number of hydrogen-bond donors (Lipinski definition) is 0. The molecule has 0 bridgehead atoms. The molecule has 6 aromatic carbocycles. The minimum atomic E-state index is -2.35. The van der Waals surface area contributed by atoms with Crippen LogP contribution >= 0.6 is 0 Å². The summed E-state index contributed by atoms with van der Waals surface area (Å²) in [5, 5.41) is 0. The summed E-state index contributed by atoms with van der Waals surface area (Å²) in [6.07, 6.45) is 26.4. The van der Waals surface area contributed by atoms with Gasteiger partial charge in [0.05, 0.1) is 0 Å². The van der Waals surface area contributed by atoms with Gasteiger partial charge in [-0.2, -0.15) is 0 Å². The second-order valence-electron chi connectivity index (χ2n) is 43.7. The summed E-state index contributed by atoms with van der Waals surface area (Å²) in [5.41, 5.74) is 22.6. The van der Waals surface area contributed by atoms with Crippen molar-refractivity contribution >= 4 is 101 Å². The highest BCUT2D eigenvalue weighted by molar-refractivity contribution is 6.90. The first kappa shape index (κ1) is 96.4. The fourth-order valence-electron chi connectivity index (χ4n) is 21.7. The summed E-state index contributed by atoms with van der Waals surface area (Å²) < 4.78 is 56.7. The molecule has 8 nitrogen and oxygen atoms in total. The maximum atomic E-state index is 7.30.